The summed E-state index contributed by atoms with van der Waals surface area (Å²) >= 11 is 1.35. The molecule has 1 saturated heterocycles. The third-order valence-corrected chi connectivity index (χ3v) is 5.15. The van der Waals surface area contributed by atoms with Crippen molar-refractivity contribution in [2.45, 2.75) is 25.8 Å². The molecule has 0 spiro atoms. The van der Waals surface area contributed by atoms with E-state index in [4.69, 9.17) is 0 Å². The molecule has 2 unspecified atom stereocenters. The summed E-state index contributed by atoms with van der Waals surface area (Å²) in [6, 6.07) is 5.67. The molecule has 1 aliphatic rings. The Morgan fingerprint density at radius 2 is 2.17 bits per heavy atom. The number of aryl methyl sites for hydroxylation is 1. The number of aromatic nitrogens is 1. The Morgan fingerprint density at radius 3 is 2.83 bits per heavy atom. The molecule has 0 saturated carbocycles. The van der Waals surface area contributed by atoms with E-state index < -0.39 is 17.8 Å². The van der Waals surface area contributed by atoms with Gasteiger partial charge in [-0.25, -0.2) is 9.37 Å². The Morgan fingerprint density at radius 1 is 1.42 bits per heavy atom. The van der Waals surface area contributed by atoms with Crippen molar-refractivity contribution < 1.29 is 14.0 Å². The Bertz CT molecular complexity index is 777. The van der Waals surface area contributed by atoms with E-state index in [1.165, 1.54) is 22.3 Å². The second-order valence-electron chi connectivity index (χ2n) is 5.90. The highest BCUT2D eigenvalue weighted by atomic mass is 32.1. The van der Waals surface area contributed by atoms with Crippen molar-refractivity contribution in [2.24, 2.45) is 5.92 Å². The van der Waals surface area contributed by atoms with Gasteiger partial charge in [0.05, 0.1) is 17.7 Å². The number of carbonyl (C=O) groups excluding carboxylic acids is 2. The Balaban J connectivity index is 1.90. The van der Waals surface area contributed by atoms with E-state index >= 15 is 0 Å². The summed E-state index contributed by atoms with van der Waals surface area (Å²) in [5.74, 6) is -1.25. The van der Waals surface area contributed by atoms with Crippen LogP contribution in [0.3, 0.4) is 0 Å². The zero-order valence-corrected chi connectivity index (χ0v) is 14.3. The first-order chi connectivity index (χ1) is 11.5. The van der Waals surface area contributed by atoms with Crippen molar-refractivity contribution >= 4 is 28.3 Å². The van der Waals surface area contributed by atoms with Gasteiger partial charge in [-0.3, -0.25) is 9.59 Å². The van der Waals surface area contributed by atoms with E-state index in [-0.39, 0.29) is 18.2 Å². The summed E-state index contributed by atoms with van der Waals surface area (Å²) < 4.78 is 14.3. The van der Waals surface area contributed by atoms with Crippen molar-refractivity contribution in [2.75, 3.05) is 12.4 Å². The number of halogens is 1. The van der Waals surface area contributed by atoms with Crippen LogP contribution in [0.15, 0.2) is 29.6 Å². The molecular formula is C17H18FN3O2S. The summed E-state index contributed by atoms with van der Waals surface area (Å²) in [6.07, 6.45) is 0.662. The minimum Gasteiger partial charge on any atom is -0.338 e. The van der Waals surface area contributed by atoms with E-state index in [1.54, 1.807) is 25.2 Å². The maximum Gasteiger partial charge on any atom is 0.231 e. The molecule has 0 radical (unpaired) electrons. The number of hydrogen-bond donors (Lipinski definition) is 1. The van der Waals surface area contributed by atoms with Crippen LogP contribution in [0.2, 0.25) is 0 Å². The molecule has 2 amide bonds. The minimum absolute atomic E-state index is 0.0857. The van der Waals surface area contributed by atoms with Crippen LogP contribution in [0.5, 0.6) is 0 Å². The molecule has 2 aromatic rings. The van der Waals surface area contributed by atoms with Crippen molar-refractivity contribution in [1.82, 2.24) is 9.88 Å². The molecule has 2 heterocycles. The maximum absolute atomic E-state index is 14.3. The average Bonchev–Trinajstić information content (AvgIpc) is 2.95. The molecule has 5 nitrogen and oxygen atoms in total. The first-order valence-corrected chi connectivity index (χ1v) is 8.58. The van der Waals surface area contributed by atoms with Gasteiger partial charge in [-0.2, -0.15) is 0 Å². The highest BCUT2D eigenvalue weighted by Gasteiger charge is 2.40. The van der Waals surface area contributed by atoms with Crippen molar-refractivity contribution in [3.05, 3.63) is 46.7 Å². The minimum atomic E-state index is -0.617. The van der Waals surface area contributed by atoms with Gasteiger partial charge < -0.3 is 10.2 Å². The number of benzene rings is 1. The quantitative estimate of drug-likeness (QED) is 0.928. The predicted molar refractivity (Wildman–Crippen MR) is 90.1 cm³/mol. The number of rotatable bonds is 3. The van der Waals surface area contributed by atoms with Crippen LogP contribution in [0, 0.1) is 18.7 Å². The number of likely N-dealkylation sites (tertiary alicyclic amines) is 1. The van der Waals surface area contributed by atoms with Gasteiger partial charge in [-0.1, -0.05) is 18.2 Å². The molecule has 0 aliphatic carbocycles. The Hall–Kier alpha value is -2.28. The number of nitrogens with zero attached hydrogens (tertiary/aromatic N) is 2. The molecule has 1 aromatic carbocycles. The van der Waals surface area contributed by atoms with Gasteiger partial charge in [-0.15, -0.1) is 11.3 Å². The van der Waals surface area contributed by atoms with E-state index in [2.05, 4.69) is 10.3 Å². The molecule has 2 atom stereocenters. The summed E-state index contributed by atoms with van der Waals surface area (Å²) in [6.45, 7) is 1.85. The SMILES string of the molecule is Cc1csc(NC(=O)C2CCC(=O)N(C)C2c2ccccc2F)n1. The number of hydrogen-bond acceptors (Lipinski definition) is 4. The lowest BCUT2D eigenvalue weighted by molar-refractivity contribution is -0.140. The molecule has 1 aliphatic heterocycles. The second kappa shape index (κ2) is 6.68. The smallest absolute Gasteiger partial charge is 0.231 e. The molecule has 126 valence electrons. The van der Waals surface area contributed by atoms with E-state index in [1.807, 2.05) is 12.3 Å². The third kappa shape index (κ3) is 3.17. The van der Waals surface area contributed by atoms with Crippen LogP contribution in [0.25, 0.3) is 0 Å². The first kappa shape index (κ1) is 16.6. The maximum atomic E-state index is 14.3. The third-order valence-electron chi connectivity index (χ3n) is 4.27. The monoisotopic (exact) mass is 347 g/mol. The predicted octanol–water partition coefficient (Wildman–Crippen LogP) is 3.14. The second-order valence-corrected chi connectivity index (χ2v) is 6.76. The van der Waals surface area contributed by atoms with Gasteiger partial charge in [0.2, 0.25) is 11.8 Å². The highest BCUT2D eigenvalue weighted by Crippen LogP contribution is 2.37. The topological polar surface area (TPSA) is 62.3 Å². The zero-order chi connectivity index (χ0) is 17.3. The largest absolute Gasteiger partial charge is 0.338 e. The number of nitrogens with one attached hydrogen (secondary N) is 1. The number of anilines is 1. The summed E-state index contributed by atoms with van der Waals surface area (Å²) in [4.78, 5) is 30.5. The van der Waals surface area contributed by atoms with Crippen molar-refractivity contribution in [1.29, 1.82) is 0 Å². The van der Waals surface area contributed by atoms with Gasteiger partial charge in [0.1, 0.15) is 5.82 Å². The van der Waals surface area contributed by atoms with Crippen LogP contribution < -0.4 is 5.32 Å². The van der Waals surface area contributed by atoms with Crippen LogP contribution in [0.1, 0.15) is 30.1 Å². The number of thiazole rings is 1. The highest BCUT2D eigenvalue weighted by molar-refractivity contribution is 7.13. The van der Waals surface area contributed by atoms with Crippen LogP contribution in [-0.4, -0.2) is 28.7 Å². The van der Waals surface area contributed by atoms with E-state index in [0.29, 0.717) is 17.1 Å². The molecule has 1 N–H and O–H groups in total. The first-order valence-electron chi connectivity index (χ1n) is 7.70. The lowest BCUT2D eigenvalue weighted by atomic mass is 9.84. The molecule has 7 heteroatoms. The van der Waals surface area contributed by atoms with Crippen LogP contribution >= 0.6 is 11.3 Å². The average molecular weight is 347 g/mol. The van der Waals surface area contributed by atoms with Crippen LogP contribution in [-0.2, 0) is 9.59 Å². The molecule has 24 heavy (non-hydrogen) atoms. The fraction of sp³-hybridized carbons (Fsp3) is 0.353. The van der Waals surface area contributed by atoms with E-state index in [9.17, 15) is 14.0 Å². The zero-order valence-electron chi connectivity index (χ0n) is 13.5. The van der Waals surface area contributed by atoms with Gasteiger partial charge >= 0.3 is 0 Å². The molecule has 1 fully saturated rings. The standard InChI is InChI=1S/C17H18FN3O2S/c1-10-9-24-17(19-10)20-16(23)12-7-8-14(22)21(2)15(12)11-5-3-4-6-13(11)18/h3-6,9,12,15H,7-8H2,1-2H3,(H,19,20,23). The molecular weight excluding hydrogens is 329 g/mol. The Labute approximate surface area is 143 Å². The molecule has 3 rings (SSSR count). The molecule has 0 bridgehead atoms. The summed E-state index contributed by atoms with van der Waals surface area (Å²) in [7, 11) is 1.62. The molecule has 1 aromatic heterocycles. The number of piperidine rings is 1. The normalized spacial score (nSPS) is 21.0. The lowest BCUT2D eigenvalue weighted by Crippen LogP contribution is -2.44. The summed E-state index contributed by atoms with van der Waals surface area (Å²) in [5.41, 5.74) is 1.19. The van der Waals surface area contributed by atoms with Crippen molar-refractivity contribution in [3.63, 3.8) is 0 Å². The van der Waals surface area contributed by atoms with Gasteiger partial charge in [0, 0.05) is 24.4 Å². The van der Waals surface area contributed by atoms with E-state index in [0.717, 1.165) is 5.69 Å². The summed E-state index contributed by atoms with van der Waals surface area (Å²) in [5, 5.41) is 5.16. The Kier molecular flexibility index (Phi) is 4.62. The van der Waals surface area contributed by atoms with Crippen molar-refractivity contribution in [3.8, 4) is 0 Å². The number of amides is 2. The van der Waals surface area contributed by atoms with Gasteiger partial charge in [0.15, 0.2) is 5.13 Å². The lowest BCUT2D eigenvalue weighted by Gasteiger charge is -2.38. The van der Waals surface area contributed by atoms with Gasteiger partial charge in [0.25, 0.3) is 0 Å². The fourth-order valence-corrected chi connectivity index (χ4v) is 3.75. The van der Waals surface area contributed by atoms with Crippen LogP contribution in [0.4, 0.5) is 9.52 Å². The van der Waals surface area contributed by atoms with Gasteiger partial charge in [-0.05, 0) is 19.4 Å². The number of carbonyl (C=O) groups is 2. The fourth-order valence-electron chi connectivity index (χ4n) is 3.06.